The molecule has 1 nitrogen and oxygen atoms in total. The maximum atomic E-state index is 4.78. The summed E-state index contributed by atoms with van der Waals surface area (Å²) in [5.74, 6) is 0. The first-order chi connectivity index (χ1) is 9.23. The Bertz CT molecular complexity index is 524. The molecule has 0 radical (unpaired) electrons. The summed E-state index contributed by atoms with van der Waals surface area (Å²) < 4.78 is 1.31. The molecule has 0 aliphatic heterocycles. The summed E-state index contributed by atoms with van der Waals surface area (Å²) in [6, 6.07) is 8.46. The first-order valence-electron chi connectivity index (χ1n) is 7.22. The molecule has 1 atom stereocenters. The number of hydrogen-bond acceptors (Lipinski definition) is 2. The van der Waals surface area contributed by atoms with Crippen LogP contribution in [-0.4, -0.2) is 9.81 Å². The van der Waals surface area contributed by atoms with Gasteiger partial charge in [-0.3, -0.25) is 0 Å². The number of thiazole rings is 1. The van der Waals surface area contributed by atoms with E-state index in [1.807, 2.05) is 11.3 Å². The van der Waals surface area contributed by atoms with Gasteiger partial charge in [-0.05, 0) is 36.8 Å². The predicted molar refractivity (Wildman–Crippen MR) is 87.2 cm³/mol. The second kappa shape index (κ2) is 5.53. The van der Waals surface area contributed by atoms with Crippen molar-refractivity contribution in [3.8, 4) is 0 Å². The minimum Gasteiger partial charge on any atom is -0.241 e. The third-order valence-corrected chi connectivity index (χ3v) is 7.01. The SMILES string of the molecule is CCC1(C(Br)Cc2nc3ccccc3s2)CCCC1. The molecule has 1 fully saturated rings. The lowest BCUT2D eigenvalue weighted by atomic mass is 9.79. The van der Waals surface area contributed by atoms with E-state index in [2.05, 4.69) is 47.1 Å². The number of rotatable bonds is 4. The van der Waals surface area contributed by atoms with E-state index in [0.29, 0.717) is 10.2 Å². The Morgan fingerprint density at radius 1 is 1.32 bits per heavy atom. The number of hydrogen-bond donors (Lipinski definition) is 0. The molecule has 0 saturated heterocycles. The van der Waals surface area contributed by atoms with Crippen molar-refractivity contribution >= 4 is 37.5 Å². The second-order valence-electron chi connectivity index (χ2n) is 5.67. The highest BCUT2D eigenvalue weighted by molar-refractivity contribution is 9.09. The molecule has 3 heteroatoms. The average molecular weight is 338 g/mol. The second-order valence-corrected chi connectivity index (χ2v) is 7.89. The van der Waals surface area contributed by atoms with E-state index in [4.69, 9.17) is 4.98 Å². The van der Waals surface area contributed by atoms with E-state index in [0.717, 1.165) is 11.9 Å². The van der Waals surface area contributed by atoms with Gasteiger partial charge in [-0.2, -0.15) is 0 Å². The van der Waals surface area contributed by atoms with Crippen molar-refractivity contribution in [2.75, 3.05) is 0 Å². The number of para-hydroxylation sites is 1. The highest BCUT2D eigenvalue weighted by Gasteiger charge is 2.38. The molecule has 0 amide bonds. The Balaban J connectivity index is 1.80. The van der Waals surface area contributed by atoms with Crippen LogP contribution in [0.4, 0.5) is 0 Å². The van der Waals surface area contributed by atoms with Crippen molar-refractivity contribution in [3.05, 3.63) is 29.3 Å². The first kappa shape index (κ1) is 13.6. The molecule has 0 spiro atoms. The van der Waals surface area contributed by atoms with Crippen LogP contribution in [0.1, 0.15) is 44.0 Å². The lowest BCUT2D eigenvalue weighted by molar-refractivity contribution is 0.275. The van der Waals surface area contributed by atoms with Crippen molar-refractivity contribution in [2.24, 2.45) is 5.41 Å². The molecule has 1 heterocycles. The number of nitrogens with zero attached hydrogens (tertiary/aromatic N) is 1. The van der Waals surface area contributed by atoms with Crippen molar-refractivity contribution in [3.63, 3.8) is 0 Å². The van der Waals surface area contributed by atoms with Gasteiger partial charge in [-0.25, -0.2) is 4.98 Å². The number of alkyl halides is 1. The lowest BCUT2D eigenvalue weighted by Gasteiger charge is -2.32. The summed E-state index contributed by atoms with van der Waals surface area (Å²) in [5, 5.41) is 1.28. The van der Waals surface area contributed by atoms with Crippen LogP contribution in [0.2, 0.25) is 0 Å². The van der Waals surface area contributed by atoms with E-state index in [1.165, 1.54) is 41.8 Å². The van der Waals surface area contributed by atoms with Crippen molar-refractivity contribution in [1.82, 2.24) is 4.98 Å². The zero-order valence-electron chi connectivity index (χ0n) is 11.4. The zero-order valence-corrected chi connectivity index (χ0v) is 13.8. The van der Waals surface area contributed by atoms with Crippen LogP contribution < -0.4 is 0 Å². The van der Waals surface area contributed by atoms with Gasteiger partial charge in [-0.1, -0.05) is 47.8 Å². The van der Waals surface area contributed by atoms with E-state index < -0.39 is 0 Å². The minimum absolute atomic E-state index is 0.512. The number of fused-ring (bicyclic) bond motifs is 1. The summed E-state index contributed by atoms with van der Waals surface area (Å²) in [4.78, 5) is 5.35. The fourth-order valence-corrected chi connectivity index (χ4v) is 5.66. The Morgan fingerprint density at radius 2 is 2.05 bits per heavy atom. The molecular formula is C16H20BrNS. The highest BCUT2D eigenvalue weighted by atomic mass is 79.9. The molecule has 0 bridgehead atoms. The Kier molecular flexibility index (Phi) is 3.95. The average Bonchev–Trinajstić information content (AvgIpc) is 3.05. The van der Waals surface area contributed by atoms with Gasteiger partial charge < -0.3 is 0 Å². The molecule has 1 aliphatic rings. The molecule has 102 valence electrons. The van der Waals surface area contributed by atoms with Crippen LogP contribution >= 0.6 is 27.3 Å². The molecule has 19 heavy (non-hydrogen) atoms. The molecule has 1 aromatic carbocycles. The molecule has 2 aromatic rings. The van der Waals surface area contributed by atoms with Gasteiger partial charge in [0.25, 0.3) is 0 Å². The van der Waals surface area contributed by atoms with Gasteiger partial charge in [0.1, 0.15) is 0 Å². The Morgan fingerprint density at radius 3 is 2.74 bits per heavy atom. The maximum Gasteiger partial charge on any atom is 0.0949 e. The smallest absolute Gasteiger partial charge is 0.0949 e. The summed E-state index contributed by atoms with van der Waals surface area (Å²) >= 11 is 5.84. The highest BCUT2D eigenvalue weighted by Crippen LogP contribution is 2.48. The summed E-state index contributed by atoms with van der Waals surface area (Å²) in [7, 11) is 0. The van der Waals surface area contributed by atoms with Crippen LogP contribution in [0.15, 0.2) is 24.3 Å². The van der Waals surface area contributed by atoms with Crippen molar-refractivity contribution in [1.29, 1.82) is 0 Å². The van der Waals surface area contributed by atoms with Crippen molar-refractivity contribution in [2.45, 2.75) is 50.3 Å². The van der Waals surface area contributed by atoms with Crippen LogP contribution in [0.3, 0.4) is 0 Å². The van der Waals surface area contributed by atoms with Crippen LogP contribution in [0, 0.1) is 5.41 Å². The molecule has 1 aromatic heterocycles. The molecule has 3 rings (SSSR count). The predicted octanol–water partition coefficient (Wildman–Crippen LogP) is 5.57. The third kappa shape index (κ3) is 2.59. The van der Waals surface area contributed by atoms with Gasteiger partial charge in [0, 0.05) is 11.2 Å². The summed E-state index contributed by atoms with van der Waals surface area (Å²) in [6.07, 6.45) is 7.92. The van der Waals surface area contributed by atoms with Crippen LogP contribution in [-0.2, 0) is 6.42 Å². The van der Waals surface area contributed by atoms with E-state index in [1.54, 1.807) is 0 Å². The normalized spacial score (nSPS) is 19.9. The molecule has 1 saturated carbocycles. The lowest BCUT2D eigenvalue weighted by Crippen LogP contribution is -2.29. The third-order valence-electron chi connectivity index (χ3n) is 4.66. The molecular weight excluding hydrogens is 318 g/mol. The zero-order chi connectivity index (χ0) is 13.3. The largest absolute Gasteiger partial charge is 0.241 e. The molecule has 0 N–H and O–H groups in total. The first-order valence-corrected chi connectivity index (χ1v) is 8.95. The van der Waals surface area contributed by atoms with E-state index in [-0.39, 0.29) is 0 Å². The number of aromatic nitrogens is 1. The fraction of sp³-hybridized carbons (Fsp3) is 0.562. The number of halogens is 1. The summed E-state index contributed by atoms with van der Waals surface area (Å²) in [6.45, 7) is 2.35. The monoisotopic (exact) mass is 337 g/mol. The fourth-order valence-electron chi connectivity index (χ4n) is 3.34. The molecule has 1 unspecified atom stereocenters. The summed E-state index contributed by atoms with van der Waals surface area (Å²) in [5.41, 5.74) is 1.66. The van der Waals surface area contributed by atoms with Crippen molar-refractivity contribution < 1.29 is 0 Å². The minimum atomic E-state index is 0.512. The van der Waals surface area contributed by atoms with Gasteiger partial charge >= 0.3 is 0 Å². The van der Waals surface area contributed by atoms with E-state index in [9.17, 15) is 0 Å². The topological polar surface area (TPSA) is 12.9 Å². The Hall–Kier alpha value is -0.410. The number of benzene rings is 1. The van der Waals surface area contributed by atoms with Gasteiger partial charge in [0.2, 0.25) is 0 Å². The van der Waals surface area contributed by atoms with E-state index >= 15 is 0 Å². The van der Waals surface area contributed by atoms with Crippen LogP contribution in [0.25, 0.3) is 10.2 Å². The molecule has 1 aliphatic carbocycles. The van der Waals surface area contributed by atoms with Gasteiger partial charge in [-0.15, -0.1) is 11.3 Å². The Labute approximate surface area is 127 Å². The van der Waals surface area contributed by atoms with Gasteiger partial charge in [0.05, 0.1) is 15.2 Å². The van der Waals surface area contributed by atoms with Crippen LogP contribution in [0.5, 0.6) is 0 Å². The quantitative estimate of drug-likeness (QED) is 0.664. The maximum absolute atomic E-state index is 4.78. The van der Waals surface area contributed by atoms with Gasteiger partial charge in [0.15, 0.2) is 0 Å². The standard InChI is InChI=1S/C16H20BrNS/c1-2-16(9-5-6-10-16)14(17)11-15-18-12-7-3-4-8-13(12)19-15/h3-4,7-8,14H,2,5-6,9-11H2,1H3.